The van der Waals surface area contributed by atoms with E-state index in [1.54, 1.807) is 12.1 Å². The van der Waals surface area contributed by atoms with Crippen molar-refractivity contribution in [3.8, 4) is 11.5 Å². The van der Waals surface area contributed by atoms with Gasteiger partial charge in [0.15, 0.2) is 11.5 Å². The molecule has 0 saturated carbocycles. The Labute approximate surface area is 106 Å². The zero-order valence-corrected chi connectivity index (χ0v) is 10.5. The predicted molar refractivity (Wildman–Crippen MR) is 67.7 cm³/mol. The second-order valence-electron chi connectivity index (χ2n) is 3.94. The first-order valence-electron chi connectivity index (χ1n) is 5.08. The van der Waals surface area contributed by atoms with E-state index in [2.05, 4.69) is 5.32 Å². The Bertz CT molecular complexity index is 435. The maximum absolute atomic E-state index is 11.5. The summed E-state index contributed by atoms with van der Waals surface area (Å²) in [6, 6.07) is 3.33. The van der Waals surface area contributed by atoms with Crippen LogP contribution in [0.1, 0.15) is 13.8 Å². The molecule has 17 heavy (non-hydrogen) atoms. The maximum Gasteiger partial charge on any atom is 0.231 e. The number of anilines is 2. The quantitative estimate of drug-likeness (QED) is 0.796. The highest BCUT2D eigenvalue weighted by Crippen LogP contribution is 2.38. The Morgan fingerprint density at radius 1 is 1.35 bits per heavy atom. The normalized spacial score (nSPS) is 12.2. The van der Waals surface area contributed by atoms with Gasteiger partial charge in [-0.3, -0.25) is 4.79 Å². The number of halogens is 1. The van der Waals surface area contributed by atoms with E-state index in [0.29, 0.717) is 22.9 Å². The lowest BCUT2D eigenvalue weighted by Gasteiger charge is -2.10. The fourth-order valence-electron chi connectivity index (χ4n) is 1.34. The molecular formula is C11H15ClN2O3. The zero-order valence-electron chi connectivity index (χ0n) is 9.65. The first kappa shape index (κ1) is 13.4. The largest absolute Gasteiger partial charge is 0.454 e. The van der Waals surface area contributed by atoms with Gasteiger partial charge in [0, 0.05) is 18.1 Å². The van der Waals surface area contributed by atoms with Crippen LogP contribution in [-0.4, -0.2) is 12.7 Å². The van der Waals surface area contributed by atoms with E-state index in [4.69, 9.17) is 15.2 Å². The molecule has 1 aromatic carbocycles. The fourth-order valence-corrected chi connectivity index (χ4v) is 1.34. The predicted octanol–water partition coefficient (Wildman–Crippen LogP) is 2.01. The standard InChI is InChI=1S/C11H14N2O3.ClH/c1-6(2)11(14)13-8-4-10-9(3-7(8)12)15-5-16-10;/h3-4,6H,5,12H2,1-2H3,(H,13,14);1H. The molecule has 1 amide bonds. The van der Waals surface area contributed by atoms with E-state index in [1.165, 1.54) is 0 Å². The average molecular weight is 259 g/mol. The lowest BCUT2D eigenvalue weighted by molar-refractivity contribution is -0.118. The molecule has 1 heterocycles. The number of carbonyl (C=O) groups is 1. The lowest BCUT2D eigenvalue weighted by Crippen LogP contribution is -2.18. The number of benzene rings is 1. The molecule has 0 spiro atoms. The van der Waals surface area contributed by atoms with Crippen molar-refractivity contribution >= 4 is 29.7 Å². The molecule has 0 atom stereocenters. The van der Waals surface area contributed by atoms with E-state index < -0.39 is 0 Å². The minimum absolute atomic E-state index is 0. The highest BCUT2D eigenvalue weighted by Gasteiger charge is 2.17. The Morgan fingerprint density at radius 2 is 1.94 bits per heavy atom. The van der Waals surface area contributed by atoms with Crippen LogP contribution in [0.3, 0.4) is 0 Å². The molecule has 0 aromatic heterocycles. The van der Waals surface area contributed by atoms with Crippen molar-refractivity contribution in [2.45, 2.75) is 13.8 Å². The number of amides is 1. The van der Waals surface area contributed by atoms with E-state index in [1.807, 2.05) is 13.8 Å². The summed E-state index contributed by atoms with van der Waals surface area (Å²) in [5.74, 6) is 1.05. The second-order valence-corrected chi connectivity index (χ2v) is 3.94. The van der Waals surface area contributed by atoms with Gasteiger partial charge in [0.25, 0.3) is 0 Å². The molecule has 94 valence electrons. The molecule has 3 N–H and O–H groups in total. The van der Waals surface area contributed by atoms with E-state index in [-0.39, 0.29) is 31.0 Å². The summed E-state index contributed by atoms with van der Waals surface area (Å²) in [7, 11) is 0. The van der Waals surface area contributed by atoms with Crippen LogP contribution in [0.2, 0.25) is 0 Å². The molecular weight excluding hydrogens is 244 g/mol. The molecule has 0 aliphatic carbocycles. The number of hydrogen-bond acceptors (Lipinski definition) is 4. The summed E-state index contributed by atoms with van der Waals surface area (Å²) < 4.78 is 10.4. The molecule has 1 aliphatic heterocycles. The minimum atomic E-state index is -0.0928. The summed E-state index contributed by atoms with van der Waals surface area (Å²) in [6.07, 6.45) is 0. The molecule has 0 radical (unpaired) electrons. The van der Waals surface area contributed by atoms with E-state index in [0.717, 1.165) is 0 Å². The molecule has 6 heteroatoms. The molecule has 1 aliphatic rings. The van der Waals surface area contributed by atoms with E-state index >= 15 is 0 Å². The summed E-state index contributed by atoms with van der Waals surface area (Å²) in [5, 5.41) is 2.74. The fraction of sp³-hybridized carbons (Fsp3) is 0.364. The van der Waals surface area contributed by atoms with Crippen LogP contribution in [0.5, 0.6) is 11.5 Å². The van der Waals surface area contributed by atoms with Crippen LogP contribution < -0.4 is 20.5 Å². The summed E-state index contributed by atoms with van der Waals surface area (Å²) in [4.78, 5) is 11.5. The number of nitrogens with two attached hydrogens (primary N) is 1. The maximum atomic E-state index is 11.5. The van der Waals surface area contributed by atoms with Crippen molar-refractivity contribution in [2.75, 3.05) is 17.8 Å². The lowest BCUT2D eigenvalue weighted by atomic mass is 10.2. The highest BCUT2D eigenvalue weighted by molar-refractivity contribution is 5.95. The van der Waals surface area contributed by atoms with Crippen LogP contribution >= 0.6 is 12.4 Å². The monoisotopic (exact) mass is 258 g/mol. The molecule has 5 nitrogen and oxygen atoms in total. The summed E-state index contributed by atoms with van der Waals surface area (Å²) in [6.45, 7) is 3.83. The third-order valence-corrected chi connectivity index (χ3v) is 2.33. The molecule has 0 unspecified atom stereocenters. The Hall–Kier alpha value is -1.62. The number of hydrogen-bond donors (Lipinski definition) is 2. The van der Waals surface area contributed by atoms with E-state index in [9.17, 15) is 4.79 Å². The highest BCUT2D eigenvalue weighted by atomic mass is 35.5. The van der Waals surface area contributed by atoms with Crippen LogP contribution in [0.15, 0.2) is 12.1 Å². The van der Waals surface area contributed by atoms with Gasteiger partial charge in [0.2, 0.25) is 12.7 Å². The van der Waals surface area contributed by atoms with Crippen LogP contribution in [0.4, 0.5) is 11.4 Å². The number of rotatable bonds is 2. The first-order chi connectivity index (χ1) is 7.58. The molecule has 2 rings (SSSR count). The van der Waals surface area contributed by atoms with Crippen molar-refractivity contribution in [3.63, 3.8) is 0 Å². The molecule has 0 fully saturated rings. The summed E-state index contributed by atoms with van der Waals surface area (Å²) in [5.41, 5.74) is 6.82. The van der Waals surface area contributed by atoms with Crippen LogP contribution in [0, 0.1) is 5.92 Å². The topological polar surface area (TPSA) is 73.6 Å². The zero-order chi connectivity index (χ0) is 11.7. The smallest absolute Gasteiger partial charge is 0.231 e. The number of ether oxygens (including phenoxy) is 2. The van der Waals surface area contributed by atoms with Gasteiger partial charge < -0.3 is 20.5 Å². The average Bonchev–Trinajstić information content (AvgIpc) is 2.65. The van der Waals surface area contributed by atoms with Gasteiger partial charge in [0.05, 0.1) is 11.4 Å². The number of fused-ring (bicyclic) bond motifs is 1. The Balaban J connectivity index is 0.00000144. The first-order valence-corrected chi connectivity index (χ1v) is 5.08. The van der Waals surface area contributed by atoms with Crippen molar-refractivity contribution in [3.05, 3.63) is 12.1 Å². The van der Waals surface area contributed by atoms with Crippen molar-refractivity contribution in [1.82, 2.24) is 0 Å². The van der Waals surface area contributed by atoms with Gasteiger partial charge in [-0.2, -0.15) is 0 Å². The molecule has 0 saturated heterocycles. The van der Waals surface area contributed by atoms with Gasteiger partial charge in [-0.05, 0) is 0 Å². The van der Waals surface area contributed by atoms with Crippen molar-refractivity contribution in [1.29, 1.82) is 0 Å². The third-order valence-electron chi connectivity index (χ3n) is 2.33. The number of nitrogen functional groups attached to an aromatic ring is 1. The van der Waals surface area contributed by atoms with Gasteiger partial charge >= 0.3 is 0 Å². The summed E-state index contributed by atoms with van der Waals surface area (Å²) >= 11 is 0. The van der Waals surface area contributed by atoms with Gasteiger partial charge in [0.1, 0.15) is 0 Å². The second kappa shape index (κ2) is 5.14. The van der Waals surface area contributed by atoms with Gasteiger partial charge in [-0.1, -0.05) is 13.8 Å². The van der Waals surface area contributed by atoms with Gasteiger partial charge in [-0.15, -0.1) is 12.4 Å². The Kier molecular flexibility index (Phi) is 4.07. The molecule has 1 aromatic rings. The van der Waals surface area contributed by atoms with Gasteiger partial charge in [-0.25, -0.2) is 0 Å². The SMILES string of the molecule is CC(C)C(=O)Nc1cc2c(cc1N)OCO2.Cl. The minimum Gasteiger partial charge on any atom is -0.454 e. The number of carbonyl (C=O) groups excluding carboxylic acids is 1. The van der Waals surface area contributed by atoms with Crippen LogP contribution in [-0.2, 0) is 4.79 Å². The Morgan fingerprint density at radius 3 is 2.53 bits per heavy atom. The third kappa shape index (κ3) is 2.74. The van der Waals surface area contributed by atoms with Crippen molar-refractivity contribution in [2.24, 2.45) is 5.92 Å². The molecule has 0 bridgehead atoms. The van der Waals surface area contributed by atoms with Crippen LogP contribution in [0.25, 0.3) is 0 Å². The van der Waals surface area contributed by atoms with Crippen molar-refractivity contribution < 1.29 is 14.3 Å². The number of nitrogens with one attached hydrogen (secondary N) is 1.